The summed E-state index contributed by atoms with van der Waals surface area (Å²) in [6.07, 6.45) is 1.82. The molecule has 0 saturated carbocycles. The van der Waals surface area contributed by atoms with E-state index in [9.17, 15) is 0 Å². The second-order valence-corrected chi connectivity index (χ2v) is 5.34. The smallest absolute Gasteiger partial charge is 0.159 e. The van der Waals surface area contributed by atoms with Gasteiger partial charge in [0.05, 0.1) is 0 Å². The molecule has 0 aliphatic heterocycles. The average Bonchev–Trinajstić information content (AvgIpc) is 2.32. The van der Waals surface area contributed by atoms with Crippen LogP contribution in [0.15, 0.2) is 28.9 Å². The van der Waals surface area contributed by atoms with Gasteiger partial charge in [0.25, 0.3) is 0 Å². The molecule has 1 aromatic heterocycles. The Balaban J connectivity index is 2.45. The molecule has 0 fully saturated rings. The minimum absolute atomic E-state index is 0.0381. The number of rotatable bonds is 2. The van der Waals surface area contributed by atoms with E-state index in [2.05, 4.69) is 38.9 Å². The zero-order chi connectivity index (χ0) is 13.3. The monoisotopic (exact) mass is 305 g/mol. The second kappa shape index (κ2) is 5.16. The summed E-state index contributed by atoms with van der Waals surface area (Å²) in [5.74, 6) is 0.734. The van der Waals surface area contributed by atoms with Crippen molar-refractivity contribution < 1.29 is 0 Å². The number of nitrogens with zero attached hydrogens (tertiary/aromatic N) is 2. The standard InChI is InChI=1S/C14H16BrN3/c1-8-4-5-11(6-13(8)15)14-17-7-12(9(2)16)10(3)18-14/h4-7,9H,16H2,1-3H3/t9-/m0/s1. The summed E-state index contributed by atoms with van der Waals surface area (Å²) in [5.41, 5.74) is 9.99. The van der Waals surface area contributed by atoms with Crippen molar-refractivity contribution in [1.82, 2.24) is 9.97 Å². The molecule has 4 heteroatoms. The molecule has 0 spiro atoms. The van der Waals surface area contributed by atoms with E-state index in [1.165, 1.54) is 5.56 Å². The highest BCUT2D eigenvalue weighted by Gasteiger charge is 2.09. The molecule has 0 saturated heterocycles. The van der Waals surface area contributed by atoms with Crippen molar-refractivity contribution in [3.05, 3.63) is 45.7 Å². The normalized spacial score (nSPS) is 12.5. The number of halogens is 1. The van der Waals surface area contributed by atoms with Crippen molar-refractivity contribution in [3.8, 4) is 11.4 Å². The molecule has 1 atom stereocenters. The van der Waals surface area contributed by atoms with Crippen molar-refractivity contribution in [1.29, 1.82) is 0 Å². The first-order valence-corrected chi connectivity index (χ1v) is 6.64. The van der Waals surface area contributed by atoms with Gasteiger partial charge in [-0.1, -0.05) is 28.1 Å². The van der Waals surface area contributed by atoms with E-state index in [-0.39, 0.29) is 6.04 Å². The summed E-state index contributed by atoms with van der Waals surface area (Å²) in [4.78, 5) is 8.91. The van der Waals surface area contributed by atoms with Gasteiger partial charge in [0.2, 0.25) is 0 Å². The predicted molar refractivity (Wildman–Crippen MR) is 77.2 cm³/mol. The molecule has 0 radical (unpaired) electrons. The summed E-state index contributed by atoms with van der Waals surface area (Å²) >= 11 is 3.52. The van der Waals surface area contributed by atoms with Crippen molar-refractivity contribution >= 4 is 15.9 Å². The van der Waals surface area contributed by atoms with E-state index >= 15 is 0 Å². The van der Waals surface area contributed by atoms with Crippen LogP contribution in [-0.4, -0.2) is 9.97 Å². The number of benzene rings is 1. The van der Waals surface area contributed by atoms with Gasteiger partial charge in [-0.15, -0.1) is 0 Å². The lowest BCUT2D eigenvalue weighted by Crippen LogP contribution is -2.09. The molecule has 2 N–H and O–H groups in total. The molecule has 2 aromatic rings. The van der Waals surface area contributed by atoms with Crippen LogP contribution in [0, 0.1) is 13.8 Å². The Morgan fingerprint density at radius 1 is 1.28 bits per heavy atom. The van der Waals surface area contributed by atoms with Crippen LogP contribution >= 0.6 is 15.9 Å². The highest BCUT2D eigenvalue weighted by atomic mass is 79.9. The lowest BCUT2D eigenvalue weighted by Gasteiger charge is -2.10. The van der Waals surface area contributed by atoms with Crippen molar-refractivity contribution in [2.45, 2.75) is 26.8 Å². The minimum Gasteiger partial charge on any atom is -0.324 e. The average molecular weight is 306 g/mol. The highest BCUT2D eigenvalue weighted by molar-refractivity contribution is 9.10. The van der Waals surface area contributed by atoms with Gasteiger partial charge in [0.1, 0.15) is 0 Å². The Kier molecular flexibility index (Phi) is 3.78. The van der Waals surface area contributed by atoms with Gasteiger partial charge >= 0.3 is 0 Å². The van der Waals surface area contributed by atoms with E-state index in [1.54, 1.807) is 0 Å². The third-order valence-electron chi connectivity index (χ3n) is 2.94. The Labute approximate surface area is 116 Å². The van der Waals surface area contributed by atoms with Crippen LogP contribution in [0.25, 0.3) is 11.4 Å². The number of nitrogens with two attached hydrogens (primary N) is 1. The third-order valence-corrected chi connectivity index (χ3v) is 3.79. The lowest BCUT2D eigenvalue weighted by molar-refractivity contribution is 0.790. The first kappa shape index (κ1) is 13.2. The molecule has 1 aromatic carbocycles. The number of hydrogen-bond acceptors (Lipinski definition) is 3. The van der Waals surface area contributed by atoms with Gasteiger partial charge in [0.15, 0.2) is 5.82 Å². The molecule has 3 nitrogen and oxygen atoms in total. The van der Waals surface area contributed by atoms with E-state index in [0.29, 0.717) is 0 Å². The van der Waals surface area contributed by atoms with Crippen LogP contribution in [0.3, 0.4) is 0 Å². The van der Waals surface area contributed by atoms with Crippen LogP contribution in [0.1, 0.15) is 29.8 Å². The zero-order valence-corrected chi connectivity index (χ0v) is 12.3. The zero-order valence-electron chi connectivity index (χ0n) is 10.7. The topological polar surface area (TPSA) is 51.8 Å². The largest absolute Gasteiger partial charge is 0.324 e. The maximum absolute atomic E-state index is 5.86. The first-order valence-electron chi connectivity index (χ1n) is 5.84. The summed E-state index contributed by atoms with van der Waals surface area (Å²) in [7, 11) is 0. The quantitative estimate of drug-likeness (QED) is 0.923. The fourth-order valence-corrected chi connectivity index (χ4v) is 2.17. The fourth-order valence-electron chi connectivity index (χ4n) is 1.79. The molecule has 0 bridgehead atoms. The molecule has 0 amide bonds. The molecular formula is C14H16BrN3. The highest BCUT2D eigenvalue weighted by Crippen LogP contribution is 2.24. The van der Waals surface area contributed by atoms with Gasteiger partial charge < -0.3 is 5.73 Å². The summed E-state index contributed by atoms with van der Waals surface area (Å²) in [6.45, 7) is 5.96. The van der Waals surface area contributed by atoms with Crippen LogP contribution < -0.4 is 5.73 Å². The second-order valence-electron chi connectivity index (χ2n) is 4.49. The summed E-state index contributed by atoms with van der Waals surface area (Å²) in [5, 5.41) is 0. The summed E-state index contributed by atoms with van der Waals surface area (Å²) < 4.78 is 1.07. The molecular weight excluding hydrogens is 290 g/mol. The van der Waals surface area contributed by atoms with E-state index in [4.69, 9.17) is 5.73 Å². The van der Waals surface area contributed by atoms with Crippen LogP contribution in [0.2, 0.25) is 0 Å². The molecule has 0 aliphatic carbocycles. The van der Waals surface area contributed by atoms with Gasteiger partial charge in [-0.2, -0.15) is 0 Å². The SMILES string of the molecule is Cc1ccc(-c2ncc([C@H](C)N)c(C)n2)cc1Br. The predicted octanol–water partition coefficient (Wildman–Crippen LogP) is 3.54. The van der Waals surface area contributed by atoms with Gasteiger partial charge in [0, 0.05) is 33.5 Å². The third kappa shape index (κ3) is 2.60. The maximum Gasteiger partial charge on any atom is 0.159 e. The van der Waals surface area contributed by atoms with Gasteiger partial charge in [-0.05, 0) is 32.4 Å². The molecule has 0 unspecified atom stereocenters. The Hall–Kier alpha value is -1.26. The van der Waals surface area contributed by atoms with Crippen LogP contribution in [-0.2, 0) is 0 Å². The Bertz CT molecular complexity index is 579. The molecule has 2 rings (SSSR count). The Morgan fingerprint density at radius 3 is 2.56 bits per heavy atom. The first-order chi connectivity index (χ1) is 8.49. The van der Waals surface area contributed by atoms with Crippen molar-refractivity contribution in [2.24, 2.45) is 5.73 Å². The molecule has 0 aliphatic rings. The van der Waals surface area contributed by atoms with E-state index < -0.39 is 0 Å². The lowest BCUT2D eigenvalue weighted by atomic mass is 10.1. The van der Waals surface area contributed by atoms with Gasteiger partial charge in [-0.3, -0.25) is 0 Å². The number of aromatic nitrogens is 2. The van der Waals surface area contributed by atoms with Crippen LogP contribution in [0.5, 0.6) is 0 Å². The summed E-state index contributed by atoms with van der Waals surface area (Å²) in [6, 6.07) is 6.08. The van der Waals surface area contributed by atoms with Crippen molar-refractivity contribution in [2.75, 3.05) is 0 Å². The Morgan fingerprint density at radius 2 is 2.00 bits per heavy atom. The van der Waals surface area contributed by atoms with E-state index in [0.717, 1.165) is 27.1 Å². The van der Waals surface area contributed by atoms with E-state index in [1.807, 2.05) is 32.2 Å². The molecule has 18 heavy (non-hydrogen) atoms. The minimum atomic E-state index is -0.0381. The molecule has 94 valence electrons. The van der Waals surface area contributed by atoms with Gasteiger partial charge in [-0.25, -0.2) is 9.97 Å². The van der Waals surface area contributed by atoms with Crippen molar-refractivity contribution in [3.63, 3.8) is 0 Å². The van der Waals surface area contributed by atoms with Crippen LogP contribution in [0.4, 0.5) is 0 Å². The maximum atomic E-state index is 5.86. The fraction of sp³-hybridized carbons (Fsp3) is 0.286. The molecule has 1 heterocycles. The number of hydrogen-bond donors (Lipinski definition) is 1. The number of aryl methyl sites for hydroxylation is 2.